The molecule has 0 saturated carbocycles. The van der Waals surface area contributed by atoms with Crippen molar-refractivity contribution < 1.29 is 0 Å². The number of aryl methyl sites for hydroxylation is 1. The van der Waals surface area contributed by atoms with Crippen LogP contribution in [0.1, 0.15) is 65.0 Å². The molecule has 1 aromatic rings. The highest BCUT2D eigenvalue weighted by atomic mass is 14.1. The molecule has 0 amide bonds. The lowest BCUT2D eigenvalue weighted by Gasteiger charge is -2.15. The van der Waals surface area contributed by atoms with Gasteiger partial charge in [-0.15, -0.1) is 12.3 Å². The Hall–Kier alpha value is -1.74. The topological polar surface area (TPSA) is 0 Å². The molecular formula is C24H36. The Balaban J connectivity index is 0.00000163. The van der Waals surface area contributed by atoms with E-state index in [-0.39, 0.29) is 0 Å². The summed E-state index contributed by atoms with van der Waals surface area (Å²) in [6.45, 7) is 12.9. The summed E-state index contributed by atoms with van der Waals surface area (Å²) in [6, 6.07) is 8.83. The van der Waals surface area contributed by atoms with Crippen LogP contribution in [0.15, 0.2) is 48.1 Å². The molecule has 0 aliphatic heterocycles. The van der Waals surface area contributed by atoms with E-state index in [1.54, 1.807) is 6.92 Å². The van der Waals surface area contributed by atoms with E-state index in [1.165, 1.54) is 36.0 Å². The van der Waals surface area contributed by atoms with E-state index >= 15 is 0 Å². The quantitative estimate of drug-likeness (QED) is 0.352. The lowest BCUT2D eigenvalue weighted by atomic mass is 9.90. The SMILES string of the molecule is C#CC.C/C=C(\C=C/Cc1ccc(C)cc1)C(C)CCC(C)CC. The van der Waals surface area contributed by atoms with Crippen LogP contribution in [0.4, 0.5) is 0 Å². The van der Waals surface area contributed by atoms with E-state index in [1.807, 2.05) is 0 Å². The van der Waals surface area contributed by atoms with Crippen LogP contribution >= 0.6 is 0 Å². The Morgan fingerprint density at radius 1 is 1.17 bits per heavy atom. The first-order valence-corrected chi connectivity index (χ1v) is 9.24. The maximum absolute atomic E-state index is 4.60. The van der Waals surface area contributed by atoms with Gasteiger partial charge in [0.05, 0.1) is 0 Å². The predicted molar refractivity (Wildman–Crippen MR) is 110 cm³/mol. The molecule has 24 heavy (non-hydrogen) atoms. The number of hydrogen-bond acceptors (Lipinski definition) is 0. The van der Waals surface area contributed by atoms with Gasteiger partial charge < -0.3 is 0 Å². The number of hydrogen-bond donors (Lipinski definition) is 0. The van der Waals surface area contributed by atoms with Gasteiger partial charge in [-0.05, 0) is 56.6 Å². The summed E-state index contributed by atoms with van der Waals surface area (Å²) < 4.78 is 0. The fourth-order valence-electron chi connectivity index (χ4n) is 2.51. The minimum absolute atomic E-state index is 0.665. The van der Waals surface area contributed by atoms with Crippen molar-refractivity contribution in [1.29, 1.82) is 0 Å². The molecule has 0 spiro atoms. The second-order valence-electron chi connectivity index (χ2n) is 6.66. The lowest BCUT2D eigenvalue weighted by Crippen LogP contribution is -2.01. The highest BCUT2D eigenvalue weighted by Crippen LogP contribution is 2.22. The van der Waals surface area contributed by atoms with Gasteiger partial charge in [-0.2, -0.15) is 0 Å². The summed E-state index contributed by atoms with van der Waals surface area (Å²) in [7, 11) is 0. The molecule has 0 aromatic heterocycles. The van der Waals surface area contributed by atoms with Gasteiger partial charge in [0.25, 0.3) is 0 Å². The van der Waals surface area contributed by atoms with E-state index in [9.17, 15) is 0 Å². The molecule has 2 unspecified atom stereocenters. The fraction of sp³-hybridized carbons (Fsp3) is 0.500. The number of allylic oxidation sites excluding steroid dienone is 4. The van der Waals surface area contributed by atoms with Gasteiger partial charge in [0.2, 0.25) is 0 Å². The highest BCUT2D eigenvalue weighted by Gasteiger charge is 2.07. The molecule has 0 saturated heterocycles. The van der Waals surface area contributed by atoms with E-state index in [0.717, 1.165) is 12.3 Å². The summed E-state index contributed by atoms with van der Waals surface area (Å²) >= 11 is 0. The van der Waals surface area contributed by atoms with Crippen LogP contribution in [-0.4, -0.2) is 0 Å². The highest BCUT2D eigenvalue weighted by molar-refractivity contribution is 5.26. The van der Waals surface area contributed by atoms with Crippen LogP contribution < -0.4 is 0 Å². The molecule has 0 radical (unpaired) electrons. The second kappa shape index (κ2) is 13.7. The summed E-state index contributed by atoms with van der Waals surface area (Å²) in [4.78, 5) is 0. The fourth-order valence-corrected chi connectivity index (χ4v) is 2.51. The van der Waals surface area contributed by atoms with Gasteiger partial charge in [0, 0.05) is 0 Å². The zero-order chi connectivity index (χ0) is 18.4. The monoisotopic (exact) mass is 324 g/mol. The van der Waals surface area contributed by atoms with E-state index < -0.39 is 0 Å². The van der Waals surface area contributed by atoms with Crippen molar-refractivity contribution in [2.45, 2.75) is 67.2 Å². The third-order valence-electron chi connectivity index (χ3n) is 4.48. The van der Waals surface area contributed by atoms with Crippen molar-refractivity contribution in [1.82, 2.24) is 0 Å². The molecule has 2 atom stereocenters. The molecule has 0 heterocycles. The lowest BCUT2D eigenvalue weighted by molar-refractivity contribution is 0.453. The average Bonchev–Trinajstić information content (AvgIpc) is 2.58. The van der Waals surface area contributed by atoms with Gasteiger partial charge in [-0.1, -0.05) is 81.7 Å². The van der Waals surface area contributed by atoms with Crippen LogP contribution in [0, 0.1) is 31.1 Å². The molecule has 1 aromatic carbocycles. The van der Waals surface area contributed by atoms with Crippen LogP contribution in [0.3, 0.4) is 0 Å². The Morgan fingerprint density at radius 3 is 2.25 bits per heavy atom. The standard InChI is InChI=1S/C21H32.C3H4/c1-6-17(3)11-14-19(5)21(7-2)10-8-9-20-15-12-18(4)13-16-20;1-3-2/h7-8,10,12-13,15-17,19H,6,9,11,14H2,1-5H3;1H,2H3/b10-8-,21-7+;. The van der Waals surface area contributed by atoms with Gasteiger partial charge in [-0.25, -0.2) is 0 Å². The van der Waals surface area contributed by atoms with Crippen molar-refractivity contribution >= 4 is 0 Å². The molecule has 0 bridgehead atoms. The summed E-state index contributed by atoms with van der Waals surface area (Å²) in [5.41, 5.74) is 4.19. The van der Waals surface area contributed by atoms with Crippen molar-refractivity contribution in [3.8, 4) is 12.3 Å². The molecule has 132 valence electrons. The molecule has 0 heteroatoms. The molecule has 0 aliphatic rings. The van der Waals surface area contributed by atoms with E-state index in [2.05, 4.69) is 89.5 Å². The molecule has 0 nitrogen and oxygen atoms in total. The van der Waals surface area contributed by atoms with Crippen molar-refractivity contribution in [3.05, 3.63) is 59.2 Å². The zero-order valence-corrected chi connectivity index (χ0v) is 16.6. The molecule has 0 N–H and O–H groups in total. The van der Waals surface area contributed by atoms with Crippen molar-refractivity contribution in [2.24, 2.45) is 11.8 Å². The Bertz CT molecular complexity index is 522. The van der Waals surface area contributed by atoms with E-state index in [4.69, 9.17) is 0 Å². The van der Waals surface area contributed by atoms with Crippen molar-refractivity contribution in [3.63, 3.8) is 0 Å². The first kappa shape index (κ1) is 22.3. The average molecular weight is 325 g/mol. The zero-order valence-electron chi connectivity index (χ0n) is 16.6. The Labute approximate surface area is 151 Å². The van der Waals surface area contributed by atoms with Crippen LogP contribution in [-0.2, 0) is 6.42 Å². The Kier molecular flexibility index (Phi) is 12.7. The van der Waals surface area contributed by atoms with Crippen LogP contribution in [0.5, 0.6) is 0 Å². The summed E-state index contributed by atoms with van der Waals surface area (Å²) in [5.74, 6) is 3.76. The third kappa shape index (κ3) is 10.1. The number of rotatable bonds is 8. The van der Waals surface area contributed by atoms with Gasteiger partial charge in [-0.3, -0.25) is 0 Å². The van der Waals surface area contributed by atoms with Gasteiger partial charge in [0.1, 0.15) is 0 Å². The predicted octanol–water partition coefficient (Wildman–Crippen LogP) is 7.14. The smallest absolute Gasteiger partial charge is 0.00297 e. The normalized spacial score (nSPS) is 13.8. The molecule has 0 fully saturated rings. The molecule has 1 rings (SSSR count). The second-order valence-corrected chi connectivity index (χ2v) is 6.66. The summed E-state index contributed by atoms with van der Waals surface area (Å²) in [6.07, 6.45) is 16.4. The minimum atomic E-state index is 0.665. The van der Waals surface area contributed by atoms with Crippen LogP contribution in [0.2, 0.25) is 0 Å². The Morgan fingerprint density at radius 2 is 1.75 bits per heavy atom. The molecular weight excluding hydrogens is 288 g/mol. The first-order valence-electron chi connectivity index (χ1n) is 9.24. The first-order chi connectivity index (χ1) is 11.5. The van der Waals surface area contributed by atoms with Gasteiger partial charge in [0.15, 0.2) is 0 Å². The largest absolute Gasteiger partial charge is 0.120 e. The number of terminal acetylenes is 1. The van der Waals surface area contributed by atoms with Crippen molar-refractivity contribution in [2.75, 3.05) is 0 Å². The summed E-state index contributed by atoms with van der Waals surface area (Å²) in [5, 5.41) is 0. The molecule has 0 aliphatic carbocycles. The third-order valence-corrected chi connectivity index (χ3v) is 4.48. The van der Waals surface area contributed by atoms with Gasteiger partial charge >= 0.3 is 0 Å². The minimum Gasteiger partial charge on any atom is -0.120 e. The van der Waals surface area contributed by atoms with Crippen LogP contribution in [0.25, 0.3) is 0 Å². The maximum Gasteiger partial charge on any atom is -0.00297 e. The maximum atomic E-state index is 4.60. The van der Waals surface area contributed by atoms with E-state index in [0.29, 0.717) is 5.92 Å². The number of benzene rings is 1.